The lowest BCUT2D eigenvalue weighted by Crippen LogP contribution is -2.48. The number of nitrogens with zero attached hydrogens (tertiary/aromatic N) is 1. The van der Waals surface area contributed by atoms with Crippen LogP contribution in [0.1, 0.15) is 33.6 Å². The molecule has 0 radical (unpaired) electrons. The molecular formula is C13H28N2O. The van der Waals surface area contributed by atoms with E-state index in [4.69, 9.17) is 10.5 Å². The van der Waals surface area contributed by atoms with Crippen LogP contribution in [0.25, 0.3) is 0 Å². The lowest BCUT2D eigenvalue weighted by atomic mass is 9.87. The van der Waals surface area contributed by atoms with Gasteiger partial charge in [0.15, 0.2) is 0 Å². The lowest BCUT2D eigenvalue weighted by Gasteiger charge is -2.39. The quantitative estimate of drug-likeness (QED) is 0.778. The van der Waals surface area contributed by atoms with E-state index < -0.39 is 0 Å². The first-order valence-electron chi connectivity index (χ1n) is 6.41. The Morgan fingerprint density at radius 1 is 1.44 bits per heavy atom. The maximum absolute atomic E-state index is 6.04. The van der Waals surface area contributed by atoms with Gasteiger partial charge >= 0.3 is 0 Å². The summed E-state index contributed by atoms with van der Waals surface area (Å²) in [7, 11) is 1.78. The van der Waals surface area contributed by atoms with Crippen molar-refractivity contribution in [1.82, 2.24) is 4.90 Å². The molecule has 0 aromatic rings. The highest BCUT2D eigenvalue weighted by Crippen LogP contribution is 2.25. The second-order valence-corrected chi connectivity index (χ2v) is 6.07. The molecule has 1 saturated heterocycles. The Labute approximate surface area is 100 Å². The molecule has 1 aliphatic heterocycles. The largest absolute Gasteiger partial charge is 0.385 e. The molecule has 2 unspecified atom stereocenters. The standard InChI is InChI=1S/C13H28N2O/c1-11-9-15(7-5-12(11)14)10-13(2,3)6-8-16-4/h11-12H,5-10,14H2,1-4H3. The fraction of sp³-hybridized carbons (Fsp3) is 1.00. The molecule has 2 atom stereocenters. The van der Waals surface area contributed by atoms with Gasteiger partial charge in [-0.05, 0) is 30.7 Å². The Morgan fingerprint density at radius 3 is 2.69 bits per heavy atom. The maximum Gasteiger partial charge on any atom is 0.0467 e. The minimum absolute atomic E-state index is 0.344. The van der Waals surface area contributed by atoms with E-state index in [1.165, 1.54) is 0 Å². The molecule has 16 heavy (non-hydrogen) atoms. The smallest absolute Gasteiger partial charge is 0.0467 e. The molecular weight excluding hydrogens is 200 g/mol. The van der Waals surface area contributed by atoms with Gasteiger partial charge in [-0.2, -0.15) is 0 Å². The first-order chi connectivity index (χ1) is 7.44. The third kappa shape index (κ3) is 4.40. The summed E-state index contributed by atoms with van der Waals surface area (Å²) >= 11 is 0. The summed E-state index contributed by atoms with van der Waals surface area (Å²) in [6, 6.07) is 0.401. The summed E-state index contributed by atoms with van der Waals surface area (Å²) in [6.07, 6.45) is 2.27. The van der Waals surface area contributed by atoms with Crippen LogP contribution in [0.4, 0.5) is 0 Å². The Morgan fingerprint density at radius 2 is 2.12 bits per heavy atom. The first kappa shape index (κ1) is 13.9. The Kier molecular flexibility index (Phi) is 5.22. The zero-order valence-electron chi connectivity index (χ0n) is 11.3. The average Bonchev–Trinajstić information content (AvgIpc) is 2.20. The highest BCUT2D eigenvalue weighted by molar-refractivity contribution is 4.83. The number of ether oxygens (including phenoxy) is 1. The molecule has 3 nitrogen and oxygen atoms in total. The van der Waals surface area contributed by atoms with Crippen LogP contribution in [0.2, 0.25) is 0 Å². The molecule has 3 heteroatoms. The molecule has 1 rings (SSSR count). The molecule has 0 spiro atoms. The predicted octanol–water partition coefficient (Wildman–Crippen LogP) is 1.72. The zero-order chi connectivity index (χ0) is 12.2. The summed E-state index contributed by atoms with van der Waals surface area (Å²) in [5.74, 6) is 0.631. The number of nitrogens with two attached hydrogens (primary N) is 1. The van der Waals surface area contributed by atoms with E-state index >= 15 is 0 Å². The monoisotopic (exact) mass is 228 g/mol. The van der Waals surface area contributed by atoms with Gasteiger partial charge in [-0.15, -0.1) is 0 Å². The second-order valence-electron chi connectivity index (χ2n) is 6.07. The predicted molar refractivity (Wildman–Crippen MR) is 68.5 cm³/mol. The molecule has 0 bridgehead atoms. The molecule has 0 aromatic heterocycles. The minimum atomic E-state index is 0.344. The summed E-state index contributed by atoms with van der Waals surface area (Å²) in [4.78, 5) is 2.56. The highest BCUT2D eigenvalue weighted by Gasteiger charge is 2.27. The fourth-order valence-electron chi connectivity index (χ4n) is 2.46. The molecule has 2 N–H and O–H groups in total. The van der Waals surface area contributed by atoms with Crippen LogP contribution < -0.4 is 5.73 Å². The highest BCUT2D eigenvalue weighted by atomic mass is 16.5. The fourth-order valence-corrected chi connectivity index (χ4v) is 2.46. The summed E-state index contributed by atoms with van der Waals surface area (Å²) < 4.78 is 5.17. The van der Waals surface area contributed by atoms with Gasteiger partial charge in [0, 0.05) is 32.8 Å². The van der Waals surface area contributed by atoms with Gasteiger partial charge in [0.1, 0.15) is 0 Å². The van der Waals surface area contributed by atoms with Crippen molar-refractivity contribution >= 4 is 0 Å². The third-order valence-corrected chi connectivity index (χ3v) is 3.69. The van der Waals surface area contributed by atoms with Crippen molar-refractivity contribution in [3.05, 3.63) is 0 Å². The third-order valence-electron chi connectivity index (χ3n) is 3.69. The van der Waals surface area contributed by atoms with Crippen LogP contribution in [0.15, 0.2) is 0 Å². The lowest BCUT2D eigenvalue weighted by molar-refractivity contribution is 0.0868. The van der Waals surface area contributed by atoms with Crippen molar-refractivity contribution in [1.29, 1.82) is 0 Å². The average molecular weight is 228 g/mol. The Balaban J connectivity index is 2.36. The van der Waals surface area contributed by atoms with Gasteiger partial charge < -0.3 is 15.4 Å². The second kappa shape index (κ2) is 5.99. The minimum Gasteiger partial charge on any atom is -0.385 e. The van der Waals surface area contributed by atoms with Gasteiger partial charge in [0.25, 0.3) is 0 Å². The van der Waals surface area contributed by atoms with Crippen molar-refractivity contribution in [3.8, 4) is 0 Å². The maximum atomic E-state index is 6.04. The van der Waals surface area contributed by atoms with Gasteiger partial charge in [0.2, 0.25) is 0 Å². The van der Waals surface area contributed by atoms with Crippen molar-refractivity contribution < 1.29 is 4.74 Å². The molecule has 96 valence electrons. The molecule has 1 heterocycles. The number of methoxy groups -OCH3 is 1. The van der Waals surface area contributed by atoms with E-state index in [-0.39, 0.29) is 0 Å². The van der Waals surface area contributed by atoms with E-state index in [1.54, 1.807) is 7.11 Å². The normalized spacial score (nSPS) is 28.3. The molecule has 0 amide bonds. The number of hydrogen-bond donors (Lipinski definition) is 1. The topological polar surface area (TPSA) is 38.5 Å². The van der Waals surface area contributed by atoms with Crippen LogP contribution in [-0.4, -0.2) is 44.3 Å². The van der Waals surface area contributed by atoms with Crippen molar-refractivity contribution in [3.63, 3.8) is 0 Å². The van der Waals surface area contributed by atoms with E-state index in [0.717, 1.165) is 39.1 Å². The van der Waals surface area contributed by atoms with Crippen LogP contribution in [-0.2, 0) is 4.74 Å². The molecule has 0 aromatic carbocycles. The number of piperidine rings is 1. The molecule has 0 saturated carbocycles. The van der Waals surface area contributed by atoms with Gasteiger partial charge in [-0.3, -0.25) is 0 Å². The van der Waals surface area contributed by atoms with Crippen molar-refractivity contribution in [2.24, 2.45) is 17.1 Å². The van der Waals surface area contributed by atoms with Crippen LogP contribution in [0.5, 0.6) is 0 Å². The van der Waals surface area contributed by atoms with Crippen LogP contribution in [0.3, 0.4) is 0 Å². The first-order valence-corrected chi connectivity index (χ1v) is 6.41. The summed E-state index contributed by atoms with van der Waals surface area (Å²) in [6.45, 7) is 11.2. The Hall–Kier alpha value is -0.120. The van der Waals surface area contributed by atoms with Crippen molar-refractivity contribution in [2.75, 3.05) is 33.4 Å². The number of rotatable bonds is 5. The van der Waals surface area contributed by atoms with Gasteiger partial charge in [-0.25, -0.2) is 0 Å². The van der Waals surface area contributed by atoms with E-state index in [2.05, 4.69) is 25.7 Å². The van der Waals surface area contributed by atoms with E-state index in [0.29, 0.717) is 17.4 Å². The van der Waals surface area contributed by atoms with E-state index in [9.17, 15) is 0 Å². The Bertz CT molecular complexity index is 206. The van der Waals surface area contributed by atoms with Crippen molar-refractivity contribution in [2.45, 2.75) is 39.7 Å². The van der Waals surface area contributed by atoms with Gasteiger partial charge in [0.05, 0.1) is 0 Å². The molecule has 1 fully saturated rings. The number of hydrogen-bond acceptors (Lipinski definition) is 3. The van der Waals surface area contributed by atoms with Crippen LogP contribution >= 0.6 is 0 Å². The zero-order valence-corrected chi connectivity index (χ0v) is 11.3. The summed E-state index contributed by atoms with van der Waals surface area (Å²) in [5, 5.41) is 0. The van der Waals surface area contributed by atoms with Crippen LogP contribution in [0, 0.1) is 11.3 Å². The van der Waals surface area contributed by atoms with Gasteiger partial charge in [-0.1, -0.05) is 20.8 Å². The molecule has 0 aliphatic carbocycles. The van der Waals surface area contributed by atoms with E-state index in [1.807, 2.05) is 0 Å². The SMILES string of the molecule is COCCC(C)(C)CN1CCC(N)C(C)C1. The summed E-state index contributed by atoms with van der Waals surface area (Å²) in [5.41, 5.74) is 6.38. The number of likely N-dealkylation sites (tertiary alicyclic amines) is 1. The molecule has 1 aliphatic rings.